The van der Waals surface area contributed by atoms with Gasteiger partial charge in [-0.1, -0.05) is 31.4 Å². The number of furan rings is 1. The van der Waals surface area contributed by atoms with Crippen LogP contribution in [-0.2, 0) is 11.3 Å². The van der Waals surface area contributed by atoms with Gasteiger partial charge >= 0.3 is 0 Å². The van der Waals surface area contributed by atoms with Crippen molar-refractivity contribution in [3.8, 4) is 11.5 Å². The first-order valence-electron chi connectivity index (χ1n) is 11.7. The van der Waals surface area contributed by atoms with E-state index in [9.17, 15) is 9.59 Å². The van der Waals surface area contributed by atoms with E-state index in [1.807, 2.05) is 45.0 Å². The lowest BCUT2D eigenvalue weighted by molar-refractivity contribution is -0.127. The maximum Gasteiger partial charge on any atom is 0.277 e. The average Bonchev–Trinajstić information content (AvgIpc) is 3.47. The first kappa shape index (κ1) is 21.5. The fourth-order valence-electron chi connectivity index (χ4n) is 5.05. The minimum absolute atomic E-state index is 0.135. The Kier molecular flexibility index (Phi) is 5.35. The van der Waals surface area contributed by atoms with Gasteiger partial charge in [-0.3, -0.25) is 19.2 Å². The first-order chi connectivity index (χ1) is 15.9. The zero-order valence-corrected chi connectivity index (χ0v) is 19.4. The van der Waals surface area contributed by atoms with E-state index in [1.165, 1.54) is 6.42 Å². The highest BCUT2D eigenvalue weighted by Crippen LogP contribution is 2.36. The van der Waals surface area contributed by atoms with Crippen LogP contribution in [0.4, 0.5) is 5.69 Å². The van der Waals surface area contributed by atoms with Crippen LogP contribution in [0.25, 0.3) is 11.5 Å². The van der Waals surface area contributed by atoms with Crippen molar-refractivity contribution in [2.45, 2.75) is 71.0 Å². The molecule has 33 heavy (non-hydrogen) atoms. The third-order valence-electron chi connectivity index (χ3n) is 6.96. The molecule has 1 saturated carbocycles. The molecule has 1 aliphatic carbocycles. The molecule has 3 heterocycles. The molecule has 0 radical (unpaired) electrons. The number of carbonyl (C=O) groups is 2. The van der Waals surface area contributed by atoms with E-state index in [1.54, 1.807) is 28.0 Å². The lowest BCUT2D eigenvalue weighted by Gasteiger charge is -2.44. The van der Waals surface area contributed by atoms with Gasteiger partial charge in [0.15, 0.2) is 5.76 Å². The average molecular weight is 447 g/mol. The van der Waals surface area contributed by atoms with E-state index in [-0.39, 0.29) is 24.4 Å². The molecule has 5 rings (SSSR count). The van der Waals surface area contributed by atoms with Gasteiger partial charge in [-0.15, -0.1) is 0 Å². The molecule has 1 N–H and O–H groups in total. The normalized spacial score (nSPS) is 21.2. The molecule has 1 fully saturated rings. The van der Waals surface area contributed by atoms with Crippen LogP contribution in [0.2, 0.25) is 0 Å². The van der Waals surface area contributed by atoms with E-state index >= 15 is 0 Å². The SMILES string of the molecule is Cc1ccc(C)c(N2C(=O)c3cc(-c4ccco4)nn3C[C@]2(C)C(=O)NC2CCCCC2)c1. The number of benzene rings is 1. The van der Waals surface area contributed by atoms with Crippen molar-refractivity contribution in [3.63, 3.8) is 0 Å². The van der Waals surface area contributed by atoms with Crippen molar-refractivity contribution < 1.29 is 14.0 Å². The van der Waals surface area contributed by atoms with Crippen molar-refractivity contribution in [1.82, 2.24) is 15.1 Å². The van der Waals surface area contributed by atoms with Gasteiger partial charge in [-0.05, 0) is 62.9 Å². The maximum atomic E-state index is 13.9. The molecule has 2 aromatic heterocycles. The Labute approximate surface area is 193 Å². The molecule has 1 aliphatic heterocycles. The molecule has 1 atom stereocenters. The third-order valence-corrected chi connectivity index (χ3v) is 6.96. The number of aryl methyl sites for hydroxylation is 2. The topological polar surface area (TPSA) is 80.4 Å². The summed E-state index contributed by atoms with van der Waals surface area (Å²) in [5.74, 6) is 0.224. The summed E-state index contributed by atoms with van der Waals surface area (Å²) in [5.41, 5.74) is 2.66. The Morgan fingerprint density at radius 1 is 1.15 bits per heavy atom. The van der Waals surface area contributed by atoms with Gasteiger partial charge in [-0.25, -0.2) is 0 Å². The summed E-state index contributed by atoms with van der Waals surface area (Å²) in [6, 6.07) is 11.5. The molecular formula is C26H30N4O3. The Hall–Kier alpha value is -3.35. The van der Waals surface area contributed by atoms with Gasteiger partial charge < -0.3 is 9.73 Å². The van der Waals surface area contributed by atoms with Crippen LogP contribution in [0.3, 0.4) is 0 Å². The predicted molar refractivity (Wildman–Crippen MR) is 126 cm³/mol. The Balaban J connectivity index is 1.59. The quantitative estimate of drug-likeness (QED) is 0.634. The second kappa shape index (κ2) is 8.21. The molecular weight excluding hydrogens is 416 g/mol. The standard InChI is InChI=1S/C26H30N4O3/c1-17-11-12-18(2)21(14-17)30-24(31)22-15-20(23-10-7-13-33-23)28-29(22)16-26(30,3)25(32)27-19-8-5-4-6-9-19/h7,10-15,19H,4-6,8-9,16H2,1-3H3,(H,27,32)/t26-/m1/s1. The van der Waals surface area contributed by atoms with Gasteiger partial charge in [0.05, 0.1) is 12.8 Å². The lowest BCUT2D eigenvalue weighted by Crippen LogP contribution is -2.65. The molecule has 0 unspecified atom stereocenters. The maximum absolute atomic E-state index is 13.9. The zero-order valence-electron chi connectivity index (χ0n) is 19.4. The van der Waals surface area contributed by atoms with Gasteiger partial charge in [0.2, 0.25) is 5.91 Å². The predicted octanol–water partition coefficient (Wildman–Crippen LogP) is 4.63. The number of rotatable bonds is 4. The second-order valence-corrected chi connectivity index (χ2v) is 9.56. The molecule has 2 aliphatic rings. The van der Waals surface area contributed by atoms with Crippen LogP contribution in [0.5, 0.6) is 0 Å². The minimum atomic E-state index is -1.12. The number of aromatic nitrogens is 2. The van der Waals surface area contributed by atoms with Crippen molar-refractivity contribution in [2.24, 2.45) is 0 Å². The molecule has 7 heteroatoms. The van der Waals surface area contributed by atoms with Gasteiger partial charge in [0.1, 0.15) is 16.9 Å². The summed E-state index contributed by atoms with van der Waals surface area (Å²) in [5, 5.41) is 7.89. The van der Waals surface area contributed by atoms with Crippen LogP contribution in [0.1, 0.15) is 60.6 Å². The Morgan fingerprint density at radius 2 is 1.94 bits per heavy atom. The number of carbonyl (C=O) groups excluding carboxylic acids is 2. The Bertz CT molecular complexity index is 1190. The molecule has 3 aromatic rings. The first-order valence-corrected chi connectivity index (χ1v) is 11.7. The number of nitrogens with one attached hydrogen (secondary N) is 1. The van der Waals surface area contributed by atoms with E-state index in [0.29, 0.717) is 17.1 Å². The monoisotopic (exact) mass is 446 g/mol. The smallest absolute Gasteiger partial charge is 0.277 e. The highest BCUT2D eigenvalue weighted by molar-refractivity contribution is 6.12. The Morgan fingerprint density at radius 3 is 2.67 bits per heavy atom. The number of hydrogen-bond acceptors (Lipinski definition) is 4. The van der Waals surface area contributed by atoms with Crippen molar-refractivity contribution in [3.05, 3.63) is 59.5 Å². The number of hydrogen-bond donors (Lipinski definition) is 1. The fourth-order valence-corrected chi connectivity index (χ4v) is 5.05. The number of fused-ring (bicyclic) bond motifs is 1. The number of anilines is 1. The van der Waals surface area contributed by atoms with E-state index in [0.717, 1.165) is 42.5 Å². The van der Waals surface area contributed by atoms with Gasteiger partial charge in [0, 0.05) is 17.8 Å². The molecule has 0 saturated heterocycles. The molecule has 1 aromatic carbocycles. The highest BCUT2D eigenvalue weighted by Gasteiger charge is 2.49. The minimum Gasteiger partial charge on any atom is -0.463 e. The summed E-state index contributed by atoms with van der Waals surface area (Å²) in [4.78, 5) is 29.4. The molecule has 2 amide bonds. The van der Waals surface area contributed by atoms with Gasteiger partial charge in [0.25, 0.3) is 5.91 Å². The van der Waals surface area contributed by atoms with Crippen LogP contribution < -0.4 is 10.2 Å². The summed E-state index contributed by atoms with van der Waals surface area (Å²) in [7, 11) is 0. The van der Waals surface area contributed by atoms with Crippen molar-refractivity contribution in [2.75, 3.05) is 4.90 Å². The molecule has 7 nitrogen and oxygen atoms in total. The van der Waals surface area contributed by atoms with Crippen molar-refractivity contribution >= 4 is 17.5 Å². The largest absolute Gasteiger partial charge is 0.463 e. The molecule has 172 valence electrons. The van der Waals surface area contributed by atoms with Crippen LogP contribution >= 0.6 is 0 Å². The van der Waals surface area contributed by atoms with Gasteiger partial charge in [-0.2, -0.15) is 5.10 Å². The van der Waals surface area contributed by atoms with Crippen LogP contribution in [0, 0.1) is 13.8 Å². The third kappa shape index (κ3) is 3.75. The van der Waals surface area contributed by atoms with Crippen LogP contribution in [0.15, 0.2) is 47.1 Å². The van der Waals surface area contributed by atoms with E-state index in [4.69, 9.17) is 4.42 Å². The van der Waals surface area contributed by atoms with Crippen molar-refractivity contribution in [1.29, 1.82) is 0 Å². The zero-order chi connectivity index (χ0) is 23.2. The summed E-state index contributed by atoms with van der Waals surface area (Å²) in [6.45, 7) is 6.08. The highest BCUT2D eigenvalue weighted by atomic mass is 16.3. The molecule has 0 bridgehead atoms. The lowest BCUT2D eigenvalue weighted by atomic mass is 9.90. The summed E-state index contributed by atoms with van der Waals surface area (Å²) >= 11 is 0. The number of amides is 2. The summed E-state index contributed by atoms with van der Waals surface area (Å²) in [6.07, 6.45) is 7.00. The van der Waals surface area contributed by atoms with E-state index in [2.05, 4.69) is 10.4 Å². The number of nitrogens with zero attached hydrogens (tertiary/aromatic N) is 3. The van der Waals surface area contributed by atoms with E-state index < -0.39 is 5.54 Å². The molecule has 0 spiro atoms. The summed E-state index contributed by atoms with van der Waals surface area (Å²) < 4.78 is 7.15. The second-order valence-electron chi connectivity index (χ2n) is 9.56. The van der Waals surface area contributed by atoms with Crippen LogP contribution in [-0.4, -0.2) is 33.2 Å². The fraction of sp³-hybridized carbons (Fsp3) is 0.423.